The topological polar surface area (TPSA) is 41.1 Å². The zero-order valence-corrected chi connectivity index (χ0v) is 11.7. The van der Waals surface area contributed by atoms with E-state index in [9.17, 15) is 4.79 Å². The van der Waals surface area contributed by atoms with E-state index < -0.39 is 0 Å². The maximum atomic E-state index is 11.9. The summed E-state index contributed by atoms with van der Waals surface area (Å²) in [7, 11) is 0. The van der Waals surface area contributed by atoms with Crippen molar-refractivity contribution < 1.29 is 4.79 Å². The second kappa shape index (κ2) is 6.57. The first-order valence-corrected chi connectivity index (χ1v) is 6.56. The number of carbonyl (C=O) groups excluding carboxylic acids is 1. The van der Waals surface area contributed by atoms with Gasteiger partial charge < -0.3 is 10.6 Å². The second-order valence-corrected chi connectivity index (χ2v) is 4.48. The van der Waals surface area contributed by atoms with Gasteiger partial charge in [-0.15, -0.1) is 0 Å². The van der Waals surface area contributed by atoms with Gasteiger partial charge in [-0.3, -0.25) is 0 Å². The molecule has 0 unspecified atom stereocenters. The summed E-state index contributed by atoms with van der Waals surface area (Å²) >= 11 is 0. The van der Waals surface area contributed by atoms with Crippen molar-refractivity contribution in [2.45, 2.75) is 13.8 Å². The van der Waals surface area contributed by atoms with Gasteiger partial charge in [0.1, 0.15) is 0 Å². The minimum Gasteiger partial charge on any atom is -0.312 e. The molecule has 0 aromatic heterocycles. The summed E-state index contributed by atoms with van der Waals surface area (Å²) < 4.78 is 0. The lowest BCUT2D eigenvalue weighted by molar-refractivity contribution is 0.254. The van der Waals surface area contributed by atoms with Crippen LogP contribution in [0.2, 0.25) is 0 Å². The van der Waals surface area contributed by atoms with Gasteiger partial charge in [-0.05, 0) is 31.4 Å². The van der Waals surface area contributed by atoms with Crippen molar-refractivity contribution in [1.29, 1.82) is 0 Å². The Labute approximate surface area is 119 Å². The van der Waals surface area contributed by atoms with Gasteiger partial charge in [0.25, 0.3) is 0 Å². The highest BCUT2D eigenvalue weighted by Gasteiger charge is 2.04. The number of allylic oxidation sites excluding steroid dienone is 4. The fraction of sp³-hybridized carbons (Fsp3) is 0.118. The van der Waals surface area contributed by atoms with Gasteiger partial charge in [-0.2, -0.15) is 0 Å². The molecular formula is C17H18N2O. The third-order valence-electron chi connectivity index (χ3n) is 2.89. The monoisotopic (exact) mass is 266 g/mol. The van der Waals surface area contributed by atoms with E-state index in [1.807, 2.05) is 74.5 Å². The lowest BCUT2D eigenvalue weighted by Gasteiger charge is -2.10. The van der Waals surface area contributed by atoms with Crippen molar-refractivity contribution in [1.82, 2.24) is 5.32 Å². The molecule has 2 aromatic carbocycles. The van der Waals surface area contributed by atoms with Crippen LogP contribution in [0.5, 0.6) is 0 Å². The first-order chi connectivity index (χ1) is 9.70. The fourth-order valence-electron chi connectivity index (χ4n) is 1.95. The van der Waals surface area contributed by atoms with E-state index in [0.717, 1.165) is 22.2 Å². The third-order valence-corrected chi connectivity index (χ3v) is 2.89. The first-order valence-electron chi connectivity index (χ1n) is 6.56. The smallest absolute Gasteiger partial charge is 0.312 e. The molecule has 0 atom stereocenters. The molecule has 3 nitrogen and oxygen atoms in total. The molecule has 2 rings (SSSR count). The maximum absolute atomic E-state index is 11.9. The minimum absolute atomic E-state index is 0.236. The van der Waals surface area contributed by atoms with Gasteiger partial charge in [0.15, 0.2) is 0 Å². The molecule has 0 aliphatic rings. The number of fused-ring (bicyclic) bond motifs is 1. The molecule has 3 heteroatoms. The highest BCUT2D eigenvalue weighted by molar-refractivity contribution is 6.01. The second-order valence-electron chi connectivity index (χ2n) is 4.48. The number of urea groups is 1. The largest absolute Gasteiger partial charge is 0.323 e. The summed E-state index contributed by atoms with van der Waals surface area (Å²) in [6.45, 7) is 3.78. The summed E-state index contributed by atoms with van der Waals surface area (Å²) in [5.41, 5.74) is 1.60. The summed E-state index contributed by atoms with van der Waals surface area (Å²) in [6.07, 6.45) is 5.64. The normalized spacial score (nSPS) is 11.8. The van der Waals surface area contributed by atoms with Crippen LogP contribution in [-0.4, -0.2) is 6.03 Å². The van der Waals surface area contributed by atoms with Crippen molar-refractivity contribution in [2.75, 3.05) is 5.32 Å². The molecule has 0 saturated carbocycles. The molecule has 2 aromatic rings. The number of rotatable bonds is 3. The molecule has 0 heterocycles. The molecule has 0 radical (unpaired) electrons. The summed E-state index contributed by atoms with van der Waals surface area (Å²) in [4.78, 5) is 11.9. The number of hydrogen-bond acceptors (Lipinski definition) is 1. The van der Waals surface area contributed by atoms with Crippen molar-refractivity contribution >= 4 is 22.5 Å². The molecule has 2 N–H and O–H groups in total. The number of benzene rings is 2. The Balaban J connectivity index is 2.14. The Morgan fingerprint density at radius 1 is 1.10 bits per heavy atom. The molecule has 0 saturated heterocycles. The van der Waals surface area contributed by atoms with Crippen LogP contribution in [0.4, 0.5) is 10.5 Å². The van der Waals surface area contributed by atoms with Gasteiger partial charge >= 0.3 is 6.03 Å². The average molecular weight is 266 g/mol. The highest BCUT2D eigenvalue weighted by Crippen LogP contribution is 2.22. The van der Waals surface area contributed by atoms with E-state index in [1.54, 1.807) is 0 Å². The Kier molecular flexibility index (Phi) is 4.56. The van der Waals surface area contributed by atoms with Crippen molar-refractivity contribution in [2.24, 2.45) is 0 Å². The lowest BCUT2D eigenvalue weighted by atomic mass is 10.1. The minimum atomic E-state index is -0.236. The zero-order valence-electron chi connectivity index (χ0n) is 11.7. The molecule has 2 amide bonds. The van der Waals surface area contributed by atoms with Gasteiger partial charge in [0, 0.05) is 11.1 Å². The number of nitrogens with one attached hydrogen (secondary N) is 2. The quantitative estimate of drug-likeness (QED) is 0.792. The average Bonchev–Trinajstić information content (AvgIpc) is 2.45. The van der Waals surface area contributed by atoms with Crippen LogP contribution < -0.4 is 10.6 Å². The van der Waals surface area contributed by atoms with Crippen LogP contribution in [0.25, 0.3) is 10.8 Å². The molecule has 0 spiro atoms. The predicted octanol–water partition coefficient (Wildman–Crippen LogP) is 4.44. The van der Waals surface area contributed by atoms with E-state index in [1.165, 1.54) is 0 Å². The molecule has 0 aliphatic carbocycles. The van der Waals surface area contributed by atoms with Gasteiger partial charge in [0.05, 0.1) is 5.69 Å². The summed E-state index contributed by atoms with van der Waals surface area (Å²) in [6, 6.07) is 13.6. The Morgan fingerprint density at radius 2 is 1.85 bits per heavy atom. The van der Waals surface area contributed by atoms with Crippen LogP contribution >= 0.6 is 0 Å². The van der Waals surface area contributed by atoms with Gasteiger partial charge in [0.2, 0.25) is 0 Å². The predicted molar refractivity (Wildman–Crippen MR) is 84.7 cm³/mol. The van der Waals surface area contributed by atoms with E-state index in [2.05, 4.69) is 10.6 Å². The molecule has 0 aliphatic heterocycles. The SMILES string of the molecule is CC=CC=C(C)NC(=O)Nc1cccc2ccccc12. The van der Waals surface area contributed by atoms with Crippen LogP contribution in [0.15, 0.2) is 66.4 Å². The van der Waals surface area contributed by atoms with Crippen LogP contribution in [0, 0.1) is 0 Å². The van der Waals surface area contributed by atoms with E-state index >= 15 is 0 Å². The molecular weight excluding hydrogens is 248 g/mol. The molecule has 0 fully saturated rings. The third kappa shape index (κ3) is 3.48. The number of anilines is 1. The highest BCUT2D eigenvalue weighted by atomic mass is 16.2. The molecule has 20 heavy (non-hydrogen) atoms. The number of hydrogen-bond donors (Lipinski definition) is 2. The Bertz CT molecular complexity index is 666. The van der Waals surface area contributed by atoms with Crippen molar-refractivity contribution in [3.05, 3.63) is 66.4 Å². The maximum Gasteiger partial charge on any atom is 0.323 e. The lowest BCUT2D eigenvalue weighted by Crippen LogP contribution is -2.27. The van der Waals surface area contributed by atoms with Crippen molar-refractivity contribution in [3.63, 3.8) is 0 Å². The van der Waals surface area contributed by atoms with Crippen molar-refractivity contribution in [3.8, 4) is 0 Å². The number of amides is 2. The standard InChI is InChI=1S/C17H18N2O/c1-3-4-8-13(2)18-17(20)19-16-12-7-10-14-9-5-6-11-15(14)16/h3-12H,1-2H3,(H2,18,19,20). The van der Waals surface area contributed by atoms with E-state index in [-0.39, 0.29) is 6.03 Å². The van der Waals surface area contributed by atoms with Gasteiger partial charge in [-0.25, -0.2) is 4.79 Å². The molecule has 0 bridgehead atoms. The summed E-state index contributed by atoms with van der Waals surface area (Å²) in [5, 5.41) is 7.80. The van der Waals surface area contributed by atoms with E-state index in [0.29, 0.717) is 0 Å². The fourth-order valence-corrected chi connectivity index (χ4v) is 1.95. The summed E-state index contributed by atoms with van der Waals surface area (Å²) in [5.74, 6) is 0. The molecule has 102 valence electrons. The van der Waals surface area contributed by atoms with Gasteiger partial charge in [-0.1, -0.05) is 48.6 Å². The van der Waals surface area contributed by atoms with Crippen LogP contribution in [0.3, 0.4) is 0 Å². The van der Waals surface area contributed by atoms with Crippen LogP contribution in [-0.2, 0) is 0 Å². The Hall–Kier alpha value is -2.55. The van der Waals surface area contributed by atoms with E-state index in [4.69, 9.17) is 0 Å². The first kappa shape index (κ1) is 13.9. The van der Waals surface area contributed by atoms with Crippen LogP contribution in [0.1, 0.15) is 13.8 Å². The Morgan fingerprint density at radius 3 is 2.65 bits per heavy atom. The number of carbonyl (C=O) groups is 1. The zero-order chi connectivity index (χ0) is 14.4.